The average Bonchev–Trinajstić information content (AvgIpc) is 2.84. The molecule has 3 rings (SSSR count). The number of hydrogen-bond donors (Lipinski definition) is 2. The molecule has 0 atom stereocenters. The molecule has 0 unspecified atom stereocenters. The van der Waals surface area contributed by atoms with Crippen LogP contribution < -0.4 is 5.32 Å². The van der Waals surface area contributed by atoms with Gasteiger partial charge in [0.15, 0.2) is 11.5 Å². The van der Waals surface area contributed by atoms with E-state index in [-0.39, 0.29) is 11.9 Å². The number of aromatic amines is 1. The van der Waals surface area contributed by atoms with Crippen LogP contribution in [0.2, 0.25) is 0 Å². The zero-order valence-electron chi connectivity index (χ0n) is 11.2. The first-order valence-corrected chi connectivity index (χ1v) is 7.42. The molecular formula is C13H16BrN5O. The zero-order chi connectivity index (χ0) is 14.1. The summed E-state index contributed by atoms with van der Waals surface area (Å²) in [4.78, 5) is 25.9. The Hall–Kier alpha value is -1.47. The van der Waals surface area contributed by atoms with Gasteiger partial charge in [0.2, 0.25) is 0 Å². The quantitative estimate of drug-likeness (QED) is 0.871. The minimum Gasteiger partial charge on any atom is -0.347 e. The lowest BCUT2D eigenvalue weighted by Crippen LogP contribution is -2.43. The number of likely N-dealkylation sites (tertiary alicyclic amines) is 1. The number of pyridine rings is 1. The summed E-state index contributed by atoms with van der Waals surface area (Å²) in [5.74, 6) is 0.165. The van der Waals surface area contributed by atoms with Crippen molar-refractivity contribution in [2.75, 3.05) is 20.1 Å². The first-order chi connectivity index (χ1) is 9.61. The summed E-state index contributed by atoms with van der Waals surface area (Å²) < 4.78 is 0.846. The van der Waals surface area contributed by atoms with E-state index in [0.29, 0.717) is 17.0 Å². The lowest BCUT2D eigenvalue weighted by atomic mass is 10.1. The van der Waals surface area contributed by atoms with Crippen LogP contribution >= 0.6 is 15.9 Å². The van der Waals surface area contributed by atoms with Crippen molar-refractivity contribution in [3.05, 3.63) is 22.6 Å². The van der Waals surface area contributed by atoms with Crippen molar-refractivity contribution in [2.24, 2.45) is 0 Å². The highest BCUT2D eigenvalue weighted by atomic mass is 79.9. The summed E-state index contributed by atoms with van der Waals surface area (Å²) in [5.41, 5.74) is 1.31. The molecule has 6 nitrogen and oxygen atoms in total. The summed E-state index contributed by atoms with van der Waals surface area (Å²) in [6, 6.07) is 2.07. The maximum Gasteiger partial charge on any atom is 0.287 e. The Kier molecular flexibility index (Phi) is 3.71. The molecule has 0 saturated carbocycles. The van der Waals surface area contributed by atoms with Gasteiger partial charge in [0, 0.05) is 16.7 Å². The van der Waals surface area contributed by atoms with Gasteiger partial charge in [0.25, 0.3) is 5.91 Å². The van der Waals surface area contributed by atoms with Crippen LogP contribution in [0.4, 0.5) is 0 Å². The Morgan fingerprint density at radius 2 is 2.25 bits per heavy atom. The molecule has 1 saturated heterocycles. The minimum absolute atomic E-state index is 0.159. The maximum atomic E-state index is 12.2. The van der Waals surface area contributed by atoms with Crippen LogP contribution in [-0.2, 0) is 0 Å². The fraction of sp³-hybridized carbons (Fsp3) is 0.462. The van der Waals surface area contributed by atoms with Crippen molar-refractivity contribution in [3.63, 3.8) is 0 Å². The molecule has 3 heterocycles. The second-order valence-corrected chi connectivity index (χ2v) is 6.07. The number of nitrogens with one attached hydrogen (secondary N) is 2. The minimum atomic E-state index is -0.159. The van der Waals surface area contributed by atoms with Crippen molar-refractivity contribution >= 4 is 33.0 Å². The Morgan fingerprint density at radius 1 is 1.50 bits per heavy atom. The summed E-state index contributed by atoms with van der Waals surface area (Å²) >= 11 is 3.34. The lowest BCUT2D eigenvalue weighted by Gasteiger charge is -2.29. The molecule has 7 heteroatoms. The largest absolute Gasteiger partial charge is 0.347 e. The van der Waals surface area contributed by atoms with Crippen LogP contribution in [0.5, 0.6) is 0 Å². The highest BCUT2D eigenvalue weighted by Crippen LogP contribution is 2.15. The summed E-state index contributed by atoms with van der Waals surface area (Å²) in [6.07, 6.45) is 3.64. The van der Waals surface area contributed by atoms with Crippen LogP contribution in [-0.4, -0.2) is 51.9 Å². The first kappa shape index (κ1) is 13.5. The van der Waals surface area contributed by atoms with Gasteiger partial charge in [-0.1, -0.05) is 0 Å². The van der Waals surface area contributed by atoms with Gasteiger partial charge in [-0.15, -0.1) is 0 Å². The molecular weight excluding hydrogens is 322 g/mol. The number of aromatic nitrogens is 3. The number of H-pyrrole nitrogens is 1. The maximum absolute atomic E-state index is 12.2. The molecule has 1 amide bonds. The number of hydrogen-bond acceptors (Lipinski definition) is 4. The monoisotopic (exact) mass is 337 g/mol. The molecule has 0 bridgehead atoms. The Balaban J connectivity index is 1.72. The average molecular weight is 338 g/mol. The number of nitrogens with zero attached hydrogens (tertiary/aromatic N) is 3. The molecule has 2 aromatic heterocycles. The van der Waals surface area contributed by atoms with Gasteiger partial charge in [0.05, 0.1) is 0 Å². The fourth-order valence-electron chi connectivity index (χ4n) is 2.38. The Morgan fingerprint density at radius 3 is 3.00 bits per heavy atom. The molecule has 20 heavy (non-hydrogen) atoms. The van der Waals surface area contributed by atoms with Crippen molar-refractivity contribution in [3.8, 4) is 0 Å². The molecule has 1 aliphatic rings. The van der Waals surface area contributed by atoms with E-state index in [0.717, 1.165) is 30.4 Å². The molecule has 1 fully saturated rings. The van der Waals surface area contributed by atoms with Crippen LogP contribution in [0.1, 0.15) is 23.5 Å². The van der Waals surface area contributed by atoms with Crippen molar-refractivity contribution in [2.45, 2.75) is 18.9 Å². The SMILES string of the molecule is CN1CCC(NC(=O)c2nc3cc(Br)cnc3[nH]2)CC1. The smallest absolute Gasteiger partial charge is 0.287 e. The molecule has 2 aromatic rings. The van der Waals surface area contributed by atoms with Gasteiger partial charge < -0.3 is 15.2 Å². The molecule has 1 aliphatic heterocycles. The van der Waals surface area contributed by atoms with Gasteiger partial charge in [-0.25, -0.2) is 9.97 Å². The normalized spacial score (nSPS) is 17.5. The molecule has 0 spiro atoms. The third kappa shape index (κ3) is 2.83. The van der Waals surface area contributed by atoms with Crippen molar-refractivity contribution < 1.29 is 4.79 Å². The first-order valence-electron chi connectivity index (χ1n) is 6.62. The summed E-state index contributed by atoms with van der Waals surface area (Å²) in [7, 11) is 2.10. The van der Waals surface area contributed by atoms with E-state index in [1.807, 2.05) is 6.07 Å². The Labute approximate surface area is 125 Å². The number of carbonyl (C=O) groups excluding carboxylic acids is 1. The number of imidazole rings is 1. The Bertz CT molecular complexity index is 633. The van der Waals surface area contributed by atoms with E-state index < -0.39 is 0 Å². The van der Waals surface area contributed by atoms with Crippen LogP contribution in [0, 0.1) is 0 Å². The van der Waals surface area contributed by atoms with Crippen LogP contribution in [0.25, 0.3) is 11.2 Å². The van der Waals surface area contributed by atoms with Gasteiger partial charge in [-0.3, -0.25) is 4.79 Å². The van der Waals surface area contributed by atoms with E-state index in [9.17, 15) is 4.79 Å². The number of amides is 1. The van der Waals surface area contributed by atoms with Crippen LogP contribution in [0.15, 0.2) is 16.7 Å². The number of rotatable bonds is 2. The predicted molar refractivity (Wildman–Crippen MR) is 79.6 cm³/mol. The van der Waals surface area contributed by atoms with Gasteiger partial charge >= 0.3 is 0 Å². The van der Waals surface area contributed by atoms with E-state index in [1.165, 1.54) is 0 Å². The second-order valence-electron chi connectivity index (χ2n) is 5.16. The number of piperidine rings is 1. The molecule has 0 radical (unpaired) electrons. The van der Waals surface area contributed by atoms with Gasteiger partial charge in [-0.05, 0) is 55.0 Å². The topological polar surface area (TPSA) is 73.9 Å². The standard InChI is InChI=1S/C13H16BrN5O/c1-19-4-2-9(3-5-19)16-13(20)12-17-10-6-8(14)7-15-11(10)18-12/h6-7,9H,2-5H2,1H3,(H,16,20)(H,15,17,18). The highest BCUT2D eigenvalue weighted by Gasteiger charge is 2.20. The van der Waals surface area contributed by atoms with Crippen molar-refractivity contribution in [1.29, 1.82) is 0 Å². The highest BCUT2D eigenvalue weighted by molar-refractivity contribution is 9.10. The number of fused-ring (bicyclic) bond motifs is 1. The van der Waals surface area contributed by atoms with E-state index in [2.05, 4.69) is 48.1 Å². The molecule has 106 valence electrons. The lowest BCUT2D eigenvalue weighted by molar-refractivity contribution is 0.0907. The summed E-state index contributed by atoms with van der Waals surface area (Å²) in [5, 5.41) is 3.03. The van der Waals surface area contributed by atoms with E-state index in [4.69, 9.17) is 0 Å². The second kappa shape index (κ2) is 5.49. The predicted octanol–water partition coefficient (Wildman–Crippen LogP) is 1.54. The zero-order valence-corrected chi connectivity index (χ0v) is 12.8. The number of halogens is 1. The fourth-order valence-corrected chi connectivity index (χ4v) is 2.70. The van der Waals surface area contributed by atoms with Crippen LogP contribution in [0.3, 0.4) is 0 Å². The molecule has 2 N–H and O–H groups in total. The third-order valence-corrected chi connectivity index (χ3v) is 4.01. The number of carbonyl (C=O) groups is 1. The van der Waals surface area contributed by atoms with Gasteiger partial charge in [0.1, 0.15) is 5.52 Å². The summed E-state index contributed by atoms with van der Waals surface area (Å²) in [6.45, 7) is 2.03. The van der Waals surface area contributed by atoms with Gasteiger partial charge in [-0.2, -0.15) is 0 Å². The van der Waals surface area contributed by atoms with E-state index in [1.54, 1.807) is 6.20 Å². The molecule has 0 aliphatic carbocycles. The third-order valence-electron chi connectivity index (χ3n) is 3.57. The van der Waals surface area contributed by atoms with Crippen molar-refractivity contribution in [1.82, 2.24) is 25.2 Å². The van der Waals surface area contributed by atoms with E-state index >= 15 is 0 Å². The molecule has 0 aromatic carbocycles.